The molecule has 0 bridgehead atoms. The van der Waals surface area contributed by atoms with E-state index < -0.39 is 6.43 Å². The van der Waals surface area contributed by atoms with Crippen LogP contribution in [0.5, 0.6) is 0 Å². The Morgan fingerprint density at radius 3 is 2.19 bits per heavy atom. The first kappa shape index (κ1) is 13.8. The highest BCUT2D eigenvalue weighted by Crippen LogP contribution is 2.19. The van der Waals surface area contributed by atoms with E-state index in [1.807, 2.05) is 4.90 Å². The molecule has 1 rings (SSSR count). The van der Waals surface area contributed by atoms with Gasteiger partial charge < -0.3 is 0 Å². The maximum absolute atomic E-state index is 12.2. The van der Waals surface area contributed by atoms with Gasteiger partial charge in [-0.25, -0.2) is 8.78 Å². The van der Waals surface area contributed by atoms with Crippen molar-refractivity contribution < 1.29 is 8.78 Å². The third kappa shape index (κ3) is 3.98. The van der Waals surface area contributed by atoms with Crippen molar-refractivity contribution in [2.45, 2.75) is 52.1 Å². The maximum atomic E-state index is 12.2. The SMILES string of the molecule is CCN(C(C)C)C1CCN(CC(F)F)CC1. The zero-order valence-corrected chi connectivity index (χ0v) is 10.6. The molecular formula is C12H24F2N2. The Labute approximate surface area is 97.6 Å². The molecule has 0 radical (unpaired) electrons. The molecule has 1 heterocycles. The fourth-order valence-corrected chi connectivity index (χ4v) is 2.67. The number of halogens is 2. The van der Waals surface area contributed by atoms with E-state index in [2.05, 4.69) is 25.7 Å². The monoisotopic (exact) mass is 234 g/mol. The quantitative estimate of drug-likeness (QED) is 0.721. The van der Waals surface area contributed by atoms with E-state index in [4.69, 9.17) is 0 Å². The van der Waals surface area contributed by atoms with Crippen molar-refractivity contribution in [3.05, 3.63) is 0 Å². The van der Waals surface area contributed by atoms with Gasteiger partial charge in [0.25, 0.3) is 6.43 Å². The van der Waals surface area contributed by atoms with Crippen LogP contribution in [0.4, 0.5) is 8.78 Å². The number of piperidine rings is 1. The average molecular weight is 234 g/mol. The van der Waals surface area contributed by atoms with Crippen molar-refractivity contribution in [1.82, 2.24) is 9.80 Å². The predicted molar refractivity (Wildman–Crippen MR) is 63.0 cm³/mol. The fraction of sp³-hybridized carbons (Fsp3) is 1.00. The maximum Gasteiger partial charge on any atom is 0.251 e. The highest BCUT2D eigenvalue weighted by atomic mass is 19.3. The van der Waals surface area contributed by atoms with Crippen LogP contribution in [0.2, 0.25) is 0 Å². The minimum absolute atomic E-state index is 0.0550. The molecule has 96 valence electrons. The first-order valence-electron chi connectivity index (χ1n) is 6.30. The number of nitrogens with zero attached hydrogens (tertiary/aromatic N) is 2. The summed E-state index contributed by atoms with van der Waals surface area (Å²) in [5.74, 6) is 0. The first-order valence-corrected chi connectivity index (χ1v) is 6.30. The third-order valence-electron chi connectivity index (χ3n) is 3.45. The van der Waals surface area contributed by atoms with Crippen LogP contribution in [0.1, 0.15) is 33.6 Å². The topological polar surface area (TPSA) is 6.48 Å². The van der Waals surface area contributed by atoms with Crippen molar-refractivity contribution in [3.8, 4) is 0 Å². The van der Waals surface area contributed by atoms with Crippen LogP contribution >= 0.6 is 0 Å². The van der Waals surface area contributed by atoms with Crippen LogP contribution in [0.25, 0.3) is 0 Å². The van der Waals surface area contributed by atoms with Crippen molar-refractivity contribution in [3.63, 3.8) is 0 Å². The lowest BCUT2D eigenvalue weighted by atomic mass is 10.0. The smallest absolute Gasteiger partial charge is 0.251 e. The van der Waals surface area contributed by atoms with Gasteiger partial charge in [0, 0.05) is 12.1 Å². The zero-order valence-electron chi connectivity index (χ0n) is 10.6. The van der Waals surface area contributed by atoms with E-state index in [9.17, 15) is 8.78 Å². The number of rotatable bonds is 5. The van der Waals surface area contributed by atoms with E-state index in [1.165, 1.54) is 0 Å². The summed E-state index contributed by atoms with van der Waals surface area (Å²) in [6, 6.07) is 1.13. The van der Waals surface area contributed by atoms with E-state index in [1.54, 1.807) is 0 Å². The van der Waals surface area contributed by atoms with Gasteiger partial charge in [-0.3, -0.25) is 9.80 Å². The van der Waals surface area contributed by atoms with Crippen molar-refractivity contribution >= 4 is 0 Å². The molecule has 1 fully saturated rings. The molecule has 2 nitrogen and oxygen atoms in total. The Balaban J connectivity index is 2.36. The second-order valence-corrected chi connectivity index (χ2v) is 4.85. The van der Waals surface area contributed by atoms with Crippen LogP contribution < -0.4 is 0 Å². The second kappa shape index (κ2) is 6.50. The molecule has 0 spiro atoms. The van der Waals surface area contributed by atoms with Gasteiger partial charge in [0.2, 0.25) is 0 Å². The zero-order chi connectivity index (χ0) is 12.1. The minimum Gasteiger partial charge on any atom is -0.298 e. The molecule has 0 amide bonds. The van der Waals surface area contributed by atoms with Crippen molar-refractivity contribution in [1.29, 1.82) is 0 Å². The molecule has 1 aliphatic rings. The normalized spacial score (nSPS) is 20.2. The molecule has 1 saturated heterocycles. The summed E-state index contributed by atoms with van der Waals surface area (Å²) >= 11 is 0. The summed E-state index contributed by atoms with van der Waals surface area (Å²) in [7, 11) is 0. The van der Waals surface area contributed by atoms with Gasteiger partial charge in [0.1, 0.15) is 0 Å². The minimum atomic E-state index is -2.19. The second-order valence-electron chi connectivity index (χ2n) is 4.85. The van der Waals surface area contributed by atoms with E-state index in [0.29, 0.717) is 12.1 Å². The molecule has 0 N–H and O–H groups in total. The molecule has 0 saturated carbocycles. The van der Waals surface area contributed by atoms with E-state index >= 15 is 0 Å². The van der Waals surface area contributed by atoms with Gasteiger partial charge in [0.15, 0.2) is 0 Å². The molecule has 0 aliphatic carbocycles. The van der Waals surface area contributed by atoms with Gasteiger partial charge in [-0.2, -0.15) is 0 Å². The lowest BCUT2D eigenvalue weighted by molar-refractivity contribution is 0.0462. The summed E-state index contributed by atoms with van der Waals surface area (Å²) in [5.41, 5.74) is 0. The Kier molecular flexibility index (Phi) is 5.62. The third-order valence-corrected chi connectivity index (χ3v) is 3.45. The van der Waals surface area contributed by atoms with Crippen molar-refractivity contribution in [2.75, 3.05) is 26.2 Å². The molecule has 16 heavy (non-hydrogen) atoms. The Bertz CT molecular complexity index is 189. The number of alkyl halides is 2. The largest absolute Gasteiger partial charge is 0.298 e. The summed E-state index contributed by atoms with van der Waals surface area (Å²) in [5, 5.41) is 0. The molecule has 0 unspecified atom stereocenters. The molecular weight excluding hydrogens is 210 g/mol. The summed E-state index contributed by atoms with van der Waals surface area (Å²) in [4.78, 5) is 4.36. The summed E-state index contributed by atoms with van der Waals surface area (Å²) in [6.45, 7) is 9.21. The van der Waals surface area contributed by atoms with Gasteiger partial charge in [-0.1, -0.05) is 6.92 Å². The standard InChI is InChI=1S/C12H24F2N2/c1-4-16(10(2)3)11-5-7-15(8-6-11)9-12(13)14/h10-12H,4-9H2,1-3H3. The van der Waals surface area contributed by atoms with Gasteiger partial charge in [0.05, 0.1) is 6.54 Å². The molecule has 0 aromatic carbocycles. The lowest BCUT2D eigenvalue weighted by Gasteiger charge is -2.40. The number of hydrogen-bond acceptors (Lipinski definition) is 2. The van der Waals surface area contributed by atoms with E-state index in [0.717, 1.165) is 32.5 Å². The molecule has 0 aromatic heterocycles. The molecule has 4 heteroatoms. The highest BCUT2D eigenvalue weighted by Gasteiger charge is 2.26. The fourth-order valence-electron chi connectivity index (χ4n) is 2.67. The van der Waals surface area contributed by atoms with Crippen LogP contribution in [-0.4, -0.2) is 54.5 Å². The number of hydrogen-bond donors (Lipinski definition) is 0. The highest BCUT2D eigenvalue weighted by molar-refractivity contribution is 4.81. The van der Waals surface area contributed by atoms with Gasteiger partial charge >= 0.3 is 0 Å². The lowest BCUT2D eigenvalue weighted by Crippen LogP contribution is -2.48. The molecule has 0 atom stereocenters. The Hall–Kier alpha value is -0.220. The van der Waals surface area contributed by atoms with Gasteiger partial charge in [-0.05, 0) is 46.3 Å². The van der Waals surface area contributed by atoms with Gasteiger partial charge in [-0.15, -0.1) is 0 Å². The van der Waals surface area contributed by atoms with Crippen LogP contribution in [-0.2, 0) is 0 Å². The van der Waals surface area contributed by atoms with Crippen LogP contribution in [0, 0.1) is 0 Å². The summed E-state index contributed by atoms with van der Waals surface area (Å²) < 4.78 is 24.4. The first-order chi connectivity index (χ1) is 7.54. The Morgan fingerprint density at radius 1 is 1.25 bits per heavy atom. The van der Waals surface area contributed by atoms with Crippen LogP contribution in [0.15, 0.2) is 0 Å². The molecule has 0 aromatic rings. The number of likely N-dealkylation sites (tertiary alicyclic amines) is 1. The predicted octanol–water partition coefficient (Wildman–Crippen LogP) is 2.45. The Morgan fingerprint density at radius 2 is 1.81 bits per heavy atom. The molecule has 1 aliphatic heterocycles. The summed E-state index contributed by atoms with van der Waals surface area (Å²) in [6.07, 6.45) is -0.138. The van der Waals surface area contributed by atoms with Crippen molar-refractivity contribution in [2.24, 2.45) is 0 Å². The average Bonchev–Trinajstić information content (AvgIpc) is 2.20. The van der Waals surface area contributed by atoms with Crippen LogP contribution in [0.3, 0.4) is 0 Å². The van der Waals surface area contributed by atoms with E-state index in [-0.39, 0.29) is 6.54 Å².